The second-order valence-electron chi connectivity index (χ2n) is 6.72. The number of carboxylic acids is 1. The number of hydrogen-bond acceptors (Lipinski definition) is 3. The first kappa shape index (κ1) is 16.0. The zero-order chi connectivity index (χ0) is 16.4. The van der Waals surface area contributed by atoms with Crippen LogP contribution in [0.25, 0.3) is 0 Å². The largest absolute Gasteiger partial charge is 0.480 e. The summed E-state index contributed by atoms with van der Waals surface area (Å²) >= 11 is 0. The lowest BCUT2D eigenvalue weighted by molar-refractivity contribution is -0.164. The Morgan fingerprint density at radius 1 is 1.26 bits per heavy atom. The van der Waals surface area contributed by atoms with E-state index in [9.17, 15) is 14.7 Å². The lowest BCUT2D eigenvalue weighted by Crippen LogP contribution is -2.55. The summed E-state index contributed by atoms with van der Waals surface area (Å²) in [6.45, 7) is 2.27. The highest BCUT2D eigenvalue weighted by molar-refractivity contribution is 5.86. The molecular formula is C18H23NO4. The van der Waals surface area contributed by atoms with Gasteiger partial charge in [-0.15, -0.1) is 0 Å². The zero-order valence-corrected chi connectivity index (χ0v) is 13.4. The van der Waals surface area contributed by atoms with Gasteiger partial charge in [-0.05, 0) is 37.2 Å². The van der Waals surface area contributed by atoms with E-state index < -0.39 is 17.7 Å². The third kappa shape index (κ3) is 3.11. The molecule has 1 aromatic carbocycles. The molecule has 0 aromatic heterocycles. The second kappa shape index (κ2) is 6.32. The fourth-order valence-corrected chi connectivity index (χ4v) is 3.70. The molecule has 0 unspecified atom stereocenters. The van der Waals surface area contributed by atoms with Gasteiger partial charge >= 0.3 is 5.97 Å². The first-order chi connectivity index (χ1) is 11.0. The van der Waals surface area contributed by atoms with E-state index >= 15 is 0 Å². The van der Waals surface area contributed by atoms with E-state index in [1.54, 1.807) is 0 Å². The van der Waals surface area contributed by atoms with Crippen molar-refractivity contribution in [3.8, 4) is 0 Å². The lowest BCUT2D eigenvalue weighted by Gasteiger charge is -2.42. The summed E-state index contributed by atoms with van der Waals surface area (Å²) in [6.07, 6.45) is 3.57. The molecule has 0 bridgehead atoms. The monoisotopic (exact) mass is 317 g/mol. The predicted molar refractivity (Wildman–Crippen MR) is 84.7 cm³/mol. The minimum Gasteiger partial charge on any atom is -0.480 e. The van der Waals surface area contributed by atoms with Crippen LogP contribution in [0.2, 0.25) is 0 Å². The van der Waals surface area contributed by atoms with Gasteiger partial charge in [0.25, 0.3) is 0 Å². The molecule has 2 aliphatic rings. The normalized spacial score (nSPS) is 30.6. The number of aliphatic carboxylic acids is 1. The van der Waals surface area contributed by atoms with Crippen molar-refractivity contribution in [1.82, 2.24) is 4.90 Å². The summed E-state index contributed by atoms with van der Waals surface area (Å²) in [5.74, 6) is -0.545. The Labute approximate surface area is 136 Å². The highest BCUT2D eigenvalue weighted by Gasteiger charge is 2.53. The van der Waals surface area contributed by atoms with Crippen LogP contribution in [0, 0.1) is 5.92 Å². The molecule has 0 radical (unpaired) electrons. The maximum absolute atomic E-state index is 12.9. The van der Waals surface area contributed by atoms with E-state index in [0.717, 1.165) is 31.2 Å². The van der Waals surface area contributed by atoms with Gasteiger partial charge in [0.05, 0.1) is 13.0 Å². The fourth-order valence-electron chi connectivity index (χ4n) is 3.70. The zero-order valence-electron chi connectivity index (χ0n) is 13.4. The highest BCUT2D eigenvalue weighted by Crippen LogP contribution is 2.42. The van der Waals surface area contributed by atoms with Crippen molar-refractivity contribution in [3.05, 3.63) is 35.9 Å². The Kier molecular flexibility index (Phi) is 4.39. The van der Waals surface area contributed by atoms with Gasteiger partial charge in [0.2, 0.25) is 5.91 Å². The molecular weight excluding hydrogens is 294 g/mol. The number of nitrogens with zero attached hydrogens (tertiary/aromatic N) is 1. The van der Waals surface area contributed by atoms with Crippen LogP contribution in [-0.2, 0) is 20.7 Å². The third-order valence-corrected chi connectivity index (χ3v) is 5.07. The van der Waals surface area contributed by atoms with Crippen LogP contribution in [0.3, 0.4) is 0 Å². The standard InChI is InChI=1S/C18H23NO4/c1-13-7-9-18(10-8-13)19(15(12-23-18)17(21)22)16(20)11-14-5-3-2-4-6-14/h2-6,13,15H,7-12H2,1H3,(H,21,22)/t13?,15-,18?/m1/s1. The summed E-state index contributed by atoms with van der Waals surface area (Å²) in [6, 6.07) is 8.57. The maximum atomic E-state index is 12.9. The van der Waals surface area contributed by atoms with E-state index in [4.69, 9.17) is 4.74 Å². The Morgan fingerprint density at radius 2 is 1.91 bits per heavy atom. The molecule has 1 aliphatic heterocycles. The number of benzene rings is 1. The van der Waals surface area contributed by atoms with Gasteiger partial charge in [0.15, 0.2) is 6.04 Å². The average Bonchev–Trinajstić information content (AvgIpc) is 2.91. The lowest BCUT2D eigenvalue weighted by atomic mass is 9.83. The third-order valence-electron chi connectivity index (χ3n) is 5.07. The Hall–Kier alpha value is -1.88. The van der Waals surface area contributed by atoms with Gasteiger partial charge in [-0.2, -0.15) is 0 Å². The molecule has 1 heterocycles. The van der Waals surface area contributed by atoms with Crippen LogP contribution in [0.4, 0.5) is 0 Å². The van der Waals surface area contributed by atoms with Gasteiger partial charge in [-0.1, -0.05) is 37.3 Å². The molecule has 3 rings (SSSR count). The molecule has 1 aromatic rings. The number of rotatable bonds is 3. The molecule has 5 nitrogen and oxygen atoms in total. The van der Waals surface area contributed by atoms with Crippen LogP contribution in [0.5, 0.6) is 0 Å². The number of carboxylic acid groups (broad SMARTS) is 1. The molecule has 1 amide bonds. The second-order valence-corrected chi connectivity index (χ2v) is 6.72. The molecule has 1 spiro atoms. The topological polar surface area (TPSA) is 66.8 Å². The average molecular weight is 317 g/mol. The molecule has 2 fully saturated rings. The summed E-state index contributed by atoms with van der Waals surface area (Å²) < 4.78 is 5.90. The van der Waals surface area contributed by atoms with E-state index in [1.165, 1.54) is 4.90 Å². The van der Waals surface area contributed by atoms with Gasteiger partial charge in [-0.25, -0.2) is 4.79 Å². The number of ether oxygens (including phenoxy) is 1. The quantitative estimate of drug-likeness (QED) is 0.930. The molecule has 1 aliphatic carbocycles. The Bertz CT molecular complexity index is 578. The highest BCUT2D eigenvalue weighted by atomic mass is 16.5. The molecule has 1 atom stereocenters. The predicted octanol–water partition coefficient (Wildman–Crippen LogP) is 2.45. The van der Waals surface area contributed by atoms with Crippen molar-refractivity contribution in [3.63, 3.8) is 0 Å². The van der Waals surface area contributed by atoms with Crippen molar-refractivity contribution in [2.45, 2.75) is 50.8 Å². The fraction of sp³-hybridized carbons (Fsp3) is 0.556. The van der Waals surface area contributed by atoms with E-state index in [-0.39, 0.29) is 18.9 Å². The molecule has 5 heteroatoms. The number of hydrogen-bond donors (Lipinski definition) is 1. The summed E-state index contributed by atoms with van der Waals surface area (Å²) in [7, 11) is 0. The van der Waals surface area contributed by atoms with Crippen molar-refractivity contribution in [1.29, 1.82) is 0 Å². The summed E-state index contributed by atoms with van der Waals surface area (Å²) in [5, 5.41) is 9.49. The molecule has 124 valence electrons. The Morgan fingerprint density at radius 3 is 2.52 bits per heavy atom. The smallest absolute Gasteiger partial charge is 0.328 e. The van der Waals surface area contributed by atoms with Crippen molar-refractivity contribution >= 4 is 11.9 Å². The van der Waals surface area contributed by atoms with Crippen LogP contribution in [0.1, 0.15) is 38.2 Å². The van der Waals surface area contributed by atoms with Crippen LogP contribution in [-0.4, -0.2) is 40.3 Å². The van der Waals surface area contributed by atoms with Crippen molar-refractivity contribution in [2.24, 2.45) is 5.92 Å². The maximum Gasteiger partial charge on any atom is 0.328 e. The molecule has 23 heavy (non-hydrogen) atoms. The summed E-state index contributed by atoms with van der Waals surface area (Å²) in [5.41, 5.74) is 0.175. The van der Waals surface area contributed by atoms with Gasteiger partial charge in [-0.3, -0.25) is 9.69 Å². The van der Waals surface area contributed by atoms with Crippen LogP contribution < -0.4 is 0 Å². The minimum absolute atomic E-state index is 0.0875. The first-order valence-electron chi connectivity index (χ1n) is 8.25. The Balaban J connectivity index is 1.84. The van der Waals surface area contributed by atoms with Crippen LogP contribution in [0.15, 0.2) is 30.3 Å². The SMILES string of the molecule is CC1CCC2(CC1)OC[C@H](C(=O)O)N2C(=O)Cc1ccccc1. The van der Waals surface area contributed by atoms with Gasteiger partial charge in [0.1, 0.15) is 5.72 Å². The van der Waals surface area contributed by atoms with E-state index in [2.05, 4.69) is 6.92 Å². The van der Waals surface area contributed by atoms with E-state index in [0.29, 0.717) is 5.92 Å². The van der Waals surface area contributed by atoms with Crippen molar-refractivity contribution in [2.75, 3.05) is 6.61 Å². The minimum atomic E-state index is -0.984. The van der Waals surface area contributed by atoms with Gasteiger partial charge < -0.3 is 9.84 Å². The van der Waals surface area contributed by atoms with Crippen LogP contribution >= 0.6 is 0 Å². The molecule has 1 N–H and O–H groups in total. The number of carbonyl (C=O) groups excluding carboxylic acids is 1. The molecule has 1 saturated carbocycles. The first-order valence-corrected chi connectivity index (χ1v) is 8.25. The molecule has 1 saturated heterocycles. The van der Waals surface area contributed by atoms with E-state index in [1.807, 2.05) is 30.3 Å². The van der Waals surface area contributed by atoms with Gasteiger partial charge in [0, 0.05) is 0 Å². The number of amides is 1. The van der Waals surface area contributed by atoms with Crippen molar-refractivity contribution < 1.29 is 19.4 Å². The summed E-state index contributed by atoms with van der Waals surface area (Å²) in [4.78, 5) is 26.0. The number of carbonyl (C=O) groups is 2.